The highest BCUT2D eigenvalue weighted by Gasteiger charge is 2.25. The molecule has 2 amide bonds. The maximum atomic E-state index is 12.0. The van der Waals surface area contributed by atoms with E-state index in [-0.39, 0.29) is 17.6 Å². The third-order valence-electron chi connectivity index (χ3n) is 2.85. The summed E-state index contributed by atoms with van der Waals surface area (Å²) < 4.78 is 5.11. The first-order chi connectivity index (χ1) is 8.09. The molecular formula is C11H15N3O3. The third-order valence-corrected chi connectivity index (χ3v) is 2.85. The molecule has 1 aliphatic rings. The maximum Gasteiger partial charge on any atom is 0.309 e. The van der Waals surface area contributed by atoms with Gasteiger partial charge in [-0.05, 0) is 26.2 Å². The van der Waals surface area contributed by atoms with Crippen LogP contribution in [0.3, 0.4) is 0 Å². The minimum Gasteiger partial charge on any atom is -0.427 e. The zero-order valence-corrected chi connectivity index (χ0v) is 9.73. The van der Waals surface area contributed by atoms with Crippen LogP contribution < -0.4 is 5.73 Å². The van der Waals surface area contributed by atoms with Gasteiger partial charge in [-0.2, -0.15) is 0 Å². The molecule has 2 heterocycles. The zero-order valence-electron chi connectivity index (χ0n) is 9.73. The molecule has 1 saturated heterocycles. The number of carbonyl (C=O) groups excluding carboxylic acids is 2. The normalized spacial score (nSPS) is 15.9. The van der Waals surface area contributed by atoms with Crippen LogP contribution in [0.1, 0.15) is 46.2 Å². The molecule has 6 nitrogen and oxygen atoms in total. The molecule has 1 aromatic rings. The van der Waals surface area contributed by atoms with Gasteiger partial charge >= 0.3 is 5.91 Å². The molecule has 0 radical (unpaired) electrons. The average molecular weight is 237 g/mol. The largest absolute Gasteiger partial charge is 0.427 e. The van der Waals surface area contributed by atoms with E-state index >= 15 is 0 Å². The number of likely N-dealkylation sites (tertiary alicyclic amines) is 1. The van der Waals surface area contributed by atoms with Gasteiger partial charge in [-0.3, -0.25) is 9.59 Å². The number of oxazole rings is 1. The van der Waals surface area contributed by atoms with Crippen LogP contribution in [0.2, 0.25) is 0 Å². The number of aromatic nitrogens is 1. The Morgan fingerprint density at radius 2 is 1.94 bits per heavy atom. The third kappa shape index (κ3) is 2.30. The van der Waals surface area contributed by atoms with Crippen LogP contribution in [-0.2, 0) is 0 Å². The second-order valence-electron chi connectivity index (χ2n) is 4.15. The lowest BCUT2D eigenvalue weighted by Crippen LogP contribution is -2.35. The SMILES string of the molecule is Cc1nc(C(=O)N2CCCCC2)oc1C(N)=O. The molecule has 0 spiro atoms. The Kier molecular flexibility index (Phi) is 3.12. The van der Waals surface area contributed by atoms with Crippen molar-refractivity contribution in [1.82, 2.24) is 9.88 Å². The summed E-state index contributed by atoms with van der Waals surface area (Å²) in [6.07, 6.45) is 3.13. The Labute approximate surface area is 98.8 Å². The van der Waals surface area contributed by atoms with Crippen molar-refractivity contribution in [2.24, 2.45) is 5.73 Å². The van der Waals surface area contributed by atoms with Crippen molar-refractivity contribution >= 4 is 11.8 Å². The van der Waals surface area contributed by atoms with Crippen molar-refractivity contribution in [2.45, 2.75) is 26.2 Å². The monoisotopic (exact) mass is 237 g/mol. The molecule has 2 rings (SSSR count). The average Bonchev–Trinajstić information content (AvgIpc) is 2.71. The molecule has 17 heavy (non-hydrogen) atoms. The van der Waals surface area contributed by atoms with Crippen LogP contribution in [-0.4, -0.2) is 34.8 Å². The number of piperidine rings is 1. The van der Waals surface area contributed by atoms with Gasteiger partial charge in [0.2, 0.25) is 5.76 Å². The van der Waals surface area contributed by atoms with E-state index in [1.807, 2.05) is 0 Å². The van der Waals surface area contributed by atoms with Crippen molar-refractivity contribution < 1.29 is 14.0 Å². The van der Waals surface area contributed by atoms with E-state index in [9.17, 15) is 9.59 Å². The number of nitrogens with two attached hydrogens (primary N) is 1. The summed E-state index contributed by atoms with van der Waals surface area (Å²) in [4.78, 5) is 28.6. The van der Waals surface area contributed by atoms with Crippen LogP contribution in [0.15, 0.2) is 4.42 Å². The van der Waals surface area contributed by atoms with Crippen LogP contribution in [0.4, 0.5) is 0 Å². The quantitative estimate of drug-likeness (QED) is 0.820. The molecule has 6 heteroatoms. The van der Waals surface area contributed by atoms with Crippen molar-refractivity contribution in [2.75, 3.05) is 13.1 Å². The number of rotatable bonds is 2. The fraction of sp³-hybridized carbons (Fsp3) is 0.545. The van der Waals surface area contributed by atoms with Gasteiger partial charge in [0, 0.05) is 13.1 Å². The predicted octanol–water partition coefficient (Wildman–Crippen LogP) is 0.708. The molecule has 92 valence electrons. The second kappa shape index (κ2) is 4.57. The summed E-state index contributed by atoms with van der Waals surface area (Å²) in [5, 5.41) is 0. The first-order valence-corrected chi connectivity index (χ1v) is 5.66. The lowest BCUT2D eigenvalue weighted by atomic mass is 10.1. The summed E-state index contributed by atoms with van der Waals surface area (Å²) in [6, 6.07) is 0. The molecule has 0 bridgehead atoms. The van der Waals surface area contributed by atoms with Crippen LogP contribution >= 0.6 is 0 Å². The van der Waals surface area contributed by atoms with E-state index < -0.39 is 5.91 Å². The van der Waals surface area contributed by atoms with E-state index in [1.165, 1.54) is 0 Å². The van der Waals surface area contributed by atoms with E-state index in [4.69, 9.17) is 10.2 Å². The minimum atomic E-state index is -0.701. The van der Waals surface area contributed by atoms with Crippen molar-refractivity contribution in [3.63, 3.8) is 0 Å². The molecule has 1 aromatic heterocycles. The van der Waals surface area contributed by atoms with Crippen LogP contribution in [0.5, 0.6) is 0 Å². The number of hydrogen-bond donors (Lipinski definition) is 1. The lowest BCUT2D eigenvalue weighted by Gasteiger charge is -2.25. The Morgan fingerprint density at radius 1 is 1.29 bits per heavy atom. The summed E-state index contributed by atoms with van der Waals surface area (Å²) in [5.41, 5.74) is 5.47. The molecule has 0 atom stereocenters. The van der Waals surface area contributed by atoms with E-state index in [1.54, 1.807) is 11.8 Å². The van der Waals surface area contributed by atoms with Gasteiger partial charge in [-0.1, -0.05) is 0 Å². The standard InChI is InChI=1S/C11H15N3O3/c1-7-8(9(12)15)17-10(13-7)11(16)14-5-3-2-4-6-14/h2-6H2,1H3,(H2,12,15). The highest BCUT2D eigenvalue weighted by atomic mass is 16.4. The Bertz CT molecular complexity index is 447. The number of amides is 2. The summed E-state index contributed by atoms with van der Waals surface area (Å²) in [6.45, 7) is 3.02. The number of carbonyl (C=O) groups is 2. The van der Waals surface area contributed by atoms with Gasteiger partial charge in [-0.15, -0.1) is 0 Å². The van der Waals surface area contributed by atoms with Crippen molar-refractivity contribution in [3.8, 4) is 0 Å². The highest BCUT2D eigenvalue weighted by molar-refractivity contribution is 5.94. The molecule has 1 aliphatic heterocycles. The lowest BCUT2D eigenvalue weighted by molar-refractivity contribution is 0.0681. The van der Waals surface area contributed by atoms with Crippen LogP contribution in [0, 0.1) is 6.92 Å². The van der Waals surface area contributed by atoms with Crippen molar-refractivity contribution in [1.29, 1.82) is 0 Å². The molecule has 2 N–H and O–H groups in total. The maximum absolute atomic E-state index is 12.0. The molecule has 0 aromatic carbocycles. The Balaban J connectivity index is 2.19. The van der Waals surface area contributed by atoms with Gasteiger partial charge < -0.3 is 15.1 Å². The van der Waals surface area contributed by atoms with Gasteiger partial charge in [0.1, 0.15) is 0 Å². The minimum absolute atomic E-state index is 0.0367. The Hall–Kier alpha value is -1.85. The number of primary amides is 1. The molecule has 0 saturated carbocycles. The van der Waals surface area contributed by atoms with Gasteiger partial charge in [0.25, 0.3) is 11.8 Å². The van der Waals surface area contributed by atoms with Crippen LogP contribution in [0.25, 0.3) is 0 Å². The fourth-order valence-corrected chi connectivity index (χ4v) is 1.95. The first-order valence-electron chi connectivity index (χ1n) is 5.66. The van der Waals surface area contributed by atoms with Crippen molar-refractivity contribution in [3.05, 3.63) is 17.3 Å². The Morgan fingerprint density at radius 3 is 2.47 bits per heavy atom. The number of aryl methyl sites for hydroxylation is 1. The molecule has 1 fully saturated rings. The highest BCUT2D eigenvalue weighted by Crippen LogP contribution is 2.15. The zero-order chi connectivity index (χ0) is 12.4. The first kappa shape index (κ1) is 11.6. The molecular weight excluding hydrogens is 222 g/mol. The van der Waals surface area contributed by atoms with E-state index in [0.717, 1.165) is 19.3 Å². The van der Waals surface area contributed by atoms with E-state index in [2.05, 4.69) is 4.98 Å². The smallest absolute Gasteiger partial charge is 0.309 e. The molecule has 0 unspecified atom stereocenters. The topological polar surface area (TPSA) is 89.4 Å². The second-order valence-corrected chi connectivity index (χ2v) is 4.15. The van der Waals surface area contributed by atoms with E-state index in [0.29, 0.717) is 18.8 Å². The fourth-order valence-electron chi connectivity index (χ4n) is 1.95. The number of nitrogens with zero attached hydrogens (tertiary/aromatic N) is 2. The summed E-state index contributed by atoms with van der Waals surface area (Å²) in [5.74, 6) is -1.04. The predicted molar refractivity (Wildman–Crippen MR) is 59.5 cm³/mol. The van der Waals surface area contributed by atoms with Gasteiger partial charge in [0.15, 0.2) is 0 Å². The number of hydrogen-bond acceptors (Lipinski definition) is 4. The summed E-state index contributed by atoms with van der Waals surface area (Å²) >= 11 is 0. The summed E-state index contributed by atoms with van der Waals surface area (Å²) in [7, 11) is 0. The van der Waals surface area contributed by atoms with Gasteiger partial charge in [-0.25, -0.2) is 4.98 Å². The molecule has 0 aliphatic carbocycles. The van der Waals surface area contributed by atoms with Gasteiger partial charge in [0.05, 0.1) is 5.69 Å².